The third-order valence-corrected chi connectivity index (χ3v) is 13.1. The number of rotatable bonds is 9. The van der Waals surface area contributed by atoms with E-state index in [0.717, 1.165) is 23.3 Å². The summed E-state index contributed by atoms with van der Waals surface area (Å²) in [7, 11) is 0. The number of urea groups is 1. The molecule has 2 N–H and O–H groups in total. The molecule has 4 aromatic rings. The molecule has 1 saturated heterocycles. The molecule has 1 unspecified atom stereocenters. The number of nitrogens with zero attached hydrogens (tertiary/aromatic N) is 1. The van der Waals surface area contributed by atoms with E-state index in [2.05, 4.69) is 38.3 Å². The molecular formula is C31H28F3I2N3O. The normalized spacial score (nSPS) is 15.2. The second kappa shape index (κ2) is 12.4. The Bertz CT molecular complexity index is 1490. The fraction of sp³-hybridized carbons (Fsp3) is 0.194. The molecule has 0 bridgehead atoms. The molecule has 1 aromatic heterocycles. The van der Waals surface area contributed by atoms with E-state index >= 15 is 0 Å². The maximum absolute atomic E-state index is 13.8. The Kier molecular flexibility index (Phi) is 8.89. The molecule has 1 aliphatic rings. The number of benzene rings is 3. The number of pyridine rings is 1. The van der Waals surface area contributed by atoms with Gasteiger partial charge in [0.1, 0.15) is 0 Å². The fourth-order valence-electron chi connectivity index (χ4n) is 4.62. The van der Waals surface area contributed by atoms with Gasteiger partial charge in [0.25, 0.3) is 0 Å². The van der Waals surface area contributed by atoms with Crippen LogP contribution in [0.5, 0.6) is 0 Å². The minimum absolute atomic E-state index is 0.205. The molecule has 40 heavy (non-hydrogen) atoms. The molecule has 4 nitrogen and oxygen atoms in total. The van der Waals surface area contributed by atoms with Gasteiger partial charge in [0.2, 0.25) is 0 Å². The van der Waals surface area contributed by atoms with E-state index in [9.17, 15) is 18.0 Å². The molecule has 208 valence electrons. The number of alkyl halides is 5. The van der Waals surface area contributed by atoms with Crippen molar-refractivity contribution in [2.45, 2.75) is 24.7 Å². The molecule has 3 aromatic carbocycles. The zero-order valence-electron chi connectivity index (χ0n) is 21.5. The van der Waals surface area contributed by atoms with E-state index < -0.39 is 63.9 Å². The van der Waals surface area contributed by atoms with E-state index in [1.807, 2.05) is 30.3 Å². The van der Waals surface area contributed by atoms with Crippen molar-refractivity contribution in [3.63, 3.8) is 0 Å². The summed E-state index contributed by atoms with van der Waals surface area (Å²) < 4.78 is 51.0. The zero-order chi connectivity index (χ0) is 28.2. The molecule has 5 rings (SSSR count). The topological polar surface area (TPSA) is 54.0 Å². The number of carbonyl (C=O) groups excluding carboxylic acids is 1. The molecule has 2 heterocycles. The Labute approximate surface area is 248 Å². The molecule has 2 amide bonds. The Morgan fingerprint density at radius 3 is 2.35 bits per heavy atom. The summed E-state index contributed by atoms with van der Waals surface area (Å²) in [4.78, 5) is 18.1. The predicted molar refractivity (Wildman–Crippen MR) is 171 cm³/mol. The Hall–Kier alpha value is -2.80. The third kappa shape index (κ3) is 6.73. The molecule has 1 fully saturated rings. The summed E-state index contributed by atoms with van der Waals surface area (Å²) in [6.45, 7) is 0.303. The SMILES string of the molecule is C=Ic1cc(I2CC2)ccc1CNC(=O)NC(Cc1ccccc1)(c1cccc(C(F)(F)F)c1)c1ccccn1. The van der Waals surface area contributed by atoms with Gasteiger partial charge >= 0.3 is 207 Å². The molecule has 0 aliphatic carbocycles. The number of hydrogen-bond acceptors (Lipinski definition) is 2. The van der Waals surface area contributed by atoms with Gasteiger partial charge in [-0.1, -0.05) is 18.2 Å². The number of amides is 2. The van der Waals surface area contributed by atoms with Crippen LogP contribution in [-0.2, 0) is 24.7 Å². The monoisotopic (exact) mass is 769 g/mol. The molecule has 9 heteroatoms. The molecule has 1 atom stereocenters. The molecule has 0 radical (unpaired) electrons. The molecule has 0 spiro atoms. The van der Waals surface area contributed by atoms with Crippen LogP contribution in [0.4, 0.5) is 18.0 Å². The Morgan fingerprint density at radius 1 is 0.925 bits per heavy atom. The first kappa shape index (κ1) is 28.7. The third-order valence-electron chi connectivity index (χ3n) is 6.71. The number of halogens is 5. The van der Waals surface area contributed by atoms with Crippen LogP contribution in [0.15, 0.2) is 97.2 Å². The second-order valence-corrected chi connectivity index (χ2v) is 17.3. The van der Waals surface area contributed by atoms with Crippen molar-refractivity contribution >= 4 is 51.1 Å². The van der Waals surface area contributed by atoms with Gasteiger partial charge in [-0.2, -0.15) is 13.2 Å². The summed E-state index contributed by atoms with van der Waals surface area (Å²) in [5.74, 6) is 0. The van der Waals surface area contributed by atoms with Crippen LogP contribution in [0.3, 0.4) is 0 Å². The van der Waals surface area contributed by atoms with E-state index in [4.69, 9.17) is 0 Å². The summed E-state index contributed by atoms with van der Waals surface area (Å²) in [6.07, 6.45) is -2.75. The first-order valence-corrected chi connectivity index (χ1v) is 19.3. The second-order valence-electron chi connectivity index (χ2n) is 9.37. The van der Waals surface area contributed by atoms with Crippen molar-refractivity contribution in [3.05, 3.63) is 132 Å². The average molecular weight is 769 g/mol. The van der Waals surface area contributed by atoms with Crippen LogP contribution in [0.2, 0.25) is 0 Å². The Morgan fingerprint density at radius 2 is 1.68 bits per heavy atom. The maximum atomic E-state index is 13.8. The molecule has 1 aliphatic heterocycles. The van der Waals surface area contributed by atoms with Gasteiger partial charge < -0.3 is 0 Å². The molecule has 0 saturated carbocycles. The van der Waals surface area contributed by atoms with Crippen molar-refractivity contribution in [2.24, 2.45) is 0 Å². The predicted octanol–water partition coefficient (Wildman–Crippen LogP) is 7.35. The van der Waals surface area contributed by atoms with Crippen LogP contribution in [0, 0.1) is 7.14 Å². The number of nitrogens with one attached hydrogen (secondary N) is 2. The fourth-order valence-corrected chi connectivity index (χ4v) is 10.9. The minimum atomic E-state index is -4.54. The van der Waals surface area contributed by atoms with E-state index in [1.54, 1.807) is 30.5 Å². The average Bonchev–Trinajstić information content (AvgIpc) is 3.82. The van der Waals surface area contributed by atoms with Crippen LogP contribution in [0.25, 0.3) is 0 Å². The van der Waals surface area contributed by atoms with Gasteiger partial charge in [0, 0.05) is 0 Å². The van der Waals surface area contributed by atoms with Crippen molar-refractivity contribution < 1.29 is 18.0 Å². The van der Waals surface area contributed by atoms with E-state index in [-0.39, 0.29) is 6.42 Å². The quantitative estimate of drug-likeness (QED) is 0.138. The molecular weight excluding hydrogens is 741 g/mol. The summed E-state index contributed by atoms with van der Waals surface area (Å²) in [5.41, 5.74) is 0.462. The van der Waals surface area contributed by atoms with Gasteiger partial charge in [-0.15, -0.1) is 0 Å². The van der Waals surface area contributed by atoms with Crippen molar-refractivity contribution in [3.8, 4) is 0 Å². The van der Waals surface area contributed by atoms with Crippen LogP contribution in [-0.4, -0.2) is 24.4 Å². The standard InChI is InChI=1S/C31H28F3I2N3O/c1-35-27-19-26(36-15-16-36)14-13-23(27)21-38-29(40)39-30(28-12-5-6-17-37-28,20-22-8-3-2-4-9-22)24-10-7-11-25(18-24)31(32,33)34/h2-14,17-19H,1,15-16,20-21H2,(H2,38,39,40). The first-order valence-electron chi connectivity index (χ1n) is 12.6. The van der Waals surface area contributed by atoms with Crippen LogP contribution < -0.4 is 10.6 Å². The van der Waals surface area contributed by atoms with Crippen molar-refractivity contribution in [2.75, 3.05) is 8.86 Å². The zero-order valence-corrected chi connectivity index (χ0v) is 25.8. The summed E-state index contributed by atoms with van der Waals surface area (Å²) in [5, 5.41) is 6.02. The van der Waals surface area contributed by atoms with Gasteiger partial charge in [0.05, 0.1) is 0 Å². The number of hydrogen-bond donors (Lipinski definition) is 2. The van der Waals surface area contributed by atoms with Gasteiger partial charge in [-0.25, -0.2) is 0 Å². The number of aromatic nitrogens is 1. The summed E-state index contributed by atoms with van der Waals surface area (Å²) in [6, 6.07) is 25.8. The van der Waals surface area contributed by atoms with Crippen LogP contribution in [0.1, 0.15) is 27.9 Å². The van der Waals surface area contributed by atoms with Crippen molar-refractivity contribution in [1.29, 1.82) is 0 Å². The first-order chi connectivity index (χ1) is 19.3. The summed E-state index contributed by atoms with van der Waals surface area (Å²) >= 11 is -1.32. The van der Waals surface area contributed by atoms with Crippen molar-refractivity contribution in [1.82, 2.24) is 15.6 Å². The van der Waals surface area contributed by atoms with Gasteiger partial charge in [-0.3, -0.25) is 0 Å². The Balaban J connectivity index is 1.51. The van der Waals surface area contributed by atoms with Gasteiger partial charge in [0.15, 0.2) is 0 Å². The number of carbonyl (C=O) groups is 1. The van der Waals surface area contributed by atoms with Crippen LogP contribution >= 0.6 is 40.6 Å². The van der Waals surface area contributed by atoms with E-state index in [0.29, 0.717) is 17.8 Å². The van der Waals surface area contributed by atoms with E-state index in [1.165, 1.54) is 22.1 Å². The van der Waals surface area contributed by atoms with Gasteiger partial charge in [-0.05, 0) is 12.1 Å².